The average molecular weight is 390 g/mol. The smallest absolute Gasteiger partial charge is 0.179 e. The van der Waals surface area contributed by atoms with Crippen LogP contribution in [0.3, 0.4) is 0 Å². The minimum Gasteiger partial charge on any atom is -0.490 e. The zero-order chi connectivity index (χ0) is 20.0. The summed E-state index contributed by atoms with van der Waals surface area (Å²) in [5.74, 6) is 1.38. The standard InChI is InChI=1S/C21H19FN6O/c1-2-12-7-15(29-14-4-3-13(10-23)17(22)9-14)8-16(12)21-27-26-19-11-25-20-18(28(19)21)5-6-24-20/h3-6,9,11-12,15-16,24H,2,7-8H2,1H3/t12-,15-,16+/m1/s1. The number of fused-ring (bicyclic) bond motifs is 3. The van der Waals surface area contributed by atoms with Crippen molar-refractivity contribution < 1.29 is 9.13 Å². The van der Waals surface area contributed by atoms with E-state index < -0.39 is 5.82 Å². The van der Waals surface area contributed by atoms with Crippen LogP contribution in [0.2, 0.25) is 0 Å². The zero-order valence-corrected chi connectivity index (χ0v) is 15.8. The highest BCUT2D eigenvalue weighted by atomic mass is 19.1. The Hall–Kier alpha value is -3.47. The Labute approximate surface area is 166 Å². The first-order valence-electron chi connectivity index (χ1n) is 9.71. The van der Waals surface area contributed by atoms with Gasteiger partial charge in [-0.15, -0.1) is 10.2 Å². The number of hydrogen-bond acceptors (Lipinski definition) is 5. The van der Waals surface area contributed by atoms with Gasteiger partial charge in [0.2, 0.25) is 0 Å². The molecule has 8 heteroatoms. The Morgan fingerprint density at radius 2 is 2.21 bits per heavy atom. The van der Waals surface area contributed by atoms with Gasteiger partial charge in [-0.2, -0.15) is 5.26 Å². The lowest BCUT2D eigenvalue weighted by Gasteiger charge is -2.15. The molecule has 146 valence electrons. The quantitative estimate of drug-likeness (QED) is 0.569. The SMILES string of the molecule is CC[C@@H]1C[C@@H](Oc2ccc(C#N)c(F)c2)C[C@@H]1c1nnc2cnc3[nH]ccc3n12. The summed E-state index contributed by atoms with van der Waals surface area (Å²) in [6.07, 6.45) is 6.15. The van der Waals surface area contributed by atoms with Crippen molar-refractivity contribution >= 4 is 16.8 Å². The molecular formula is C21H19FN6O. The van der Waals surface area contributed by atoms with Crippen LogP contribution in [0, 0.1) is 23.1 Å². The number of nitriles is 1. The molecule has 7 nitrogen and oxygen atoms in total. The van der Waals surface area contributed by atoms with E-state index in [1.165, 1.54) is 12.1 Å². The van der Waals surface area contributed by atoms with Crippen LogP contribution < -0.4 is 4.74 Å². The van der Waals surface area contributed by atoms with Gasteiger partial charge in [0.25, 0.3) is 0 Å². The highest BCUT2D eigenvalue weighted by molar-refractivity contribution is 5.74. The van der Waals surface area contributed by atoms with Gasteiger partial charge in [0.15, 0.2) is 11.3 Å². The lowest BCUT2D eigenvalue weighted by Crippen LogP contribution is -2.13. The minimum absolute atomic E-state index is 0.0205. The Balaban J connectivity index is 1.46. The third-order valence-electron chi connectivity index (χ3n) is 5.84. The summed E-state index contributed by atoms with van der Waals surface area (Å²) in [4.78, 5) is 7.51. The fourth-order valence-corrected chi connectivity index (χ4v) is 4.43. The van der Waals surface area contributed by atoms with Crippen molar-refractivity contribution in [1.29, 1.82) is 5.26 Å². The molecule has 0 bridgehead atoms. The molecule has 0 unspecified atom stereocenters. The number of rotatable bonds is 4. The van der Waals surface area contributed by atoms with E-state index in [0.717, 1.165) is 41.9 Å². The minimum atomic E-state index is -0.558. The van der Waals surface area contributed by atoms with Gasteiger partial charge in [0, 0.05) is 18.2 Å². The van der Waals surface area contributed by atoms with Gasteiger partial charge in [-0.3, -0.25) is 4.40 Å². The van der Waals surface area contributed by atoms with Gasteiger partial charge in [0.1, 0.15) is 23.5 Å². The van der Waals surface area contributed by atoms with E-state index in [1.807, 2.05) is 18.3 Å². The summed E-state index contributed by atoms with van der Waals surface area (Å²) < 4.78 is 22.1. The highest BCUT2D eigenvalue weighted by Crippen LogP contribution is 2.43. The molecule has 3 atom stereocenters. The molecule has 0 aliphatic heterocycles. The Morgan fingerprint density at radius 1 is 1.31 bits per heavy atom. The van der Waals surface area contributed by atoms with Crippen LogP contribution in [-0.4, -0.2) is 30.7 Å². The molecule has 0 radical (unpaired) electrons. The van der Waals surface area contributed by atoms with Gasteiger partial charge < -0.3 is 9.72 Å². The van der Waals surface area contributed by atoms with Gasteiger partial charge in [-0.25, -0.2) is 9.37 Å². The number of hydrogen-bond donors (Lipinski definition) is 1. The topological polar surface area (TPSA) is 91.9 Å². The summed E-state index contributed by atoms with van der Waals surface area (Å²) in [5.41, 5.74) is 2.49. The van der Waals surface area contributed by atoms with Crippen molar-refractivity contribution in [3.05, 3.63) is 53.9 Å². The average Bonchev–Trinajstić information content (AvgIpc) is 3.44. The molecular weight excluding hydrogens is 371 g/mol. The second-order valence-electron chi connectivity index (χ2n) is 7.46. The van der Waals surface area contributed by atoms with E-state index in [1.54, 1.807) is 12.3 Å². The third-order valence-corrected chi connectivity index (χ3v) is 5.84. The van der Waals surface area contributed by atoms with Crippen LogP contribution in [0.5, 0.6) is 5.75 Å². The van der Waals surface area contributed by atoms with Crippen LogP contribution in [0.15, 0.2) is 36.7 Å². The lowest BCUT2D eigenvalue weighted by atomic mass is 9.93. The van der Waals surface area contributed by atoms with Gasteiger partial charge in [-0.1, -0.05) is 13.3 Å². The number of H-pyrrole nitrogens is 1. The molecule has 1 saturated carbocycles. The Morgan fingerprint density at radius 3 is 3.00 bits per heavy atom. The fourth-order valence-electron chi connectivity index (χ4n) is 4.43. The van der Waals surface area contributed by atoms with Gasteiger partial charge in [-0.05, 0) is 37.0 Å². The van der Waals surface area contributed by atoms with E-state index in [2.05, 4.69) is 31.5 Å². The van der Waals surface area contributed by atoms with E-state index in [4.69, 9.17) is 10.00 Å². The number of ether oxygens (including phenoxy) is 1. The van der Waals surface area contributed by atoms with Crippen LogP contribution in [0.25, 0.3) is 16.8 Å². The number of benzene rings is 1. The number of nitrogens with one attached hydrogen (secondary N) is 1. The molecule has 1 aliphatic carbocycles. The predicted octanol–water partition coefficient (Wildman–Crippen LogP) is 3.97. The summed E-state index contributed by atoms with van der Waals surface area (Å²) >= 11 is 0. The summed E-state index contributed by atoms with van der Waals surface area (Å²) in [5, 5.41) is 17.7. The van der Waals surface area contributed by atoms with Crippen molar-refractivity contribution in [1.82, 2.24) is 24.6 Å². The van der Waals surface area contributed by atoms with Crippen molar-refractivity contribution in [3.63, 3.8) is 0 Å². The van der Waals surface area contributed by atoms with Gasteiger partial charge in [0.05, 0.1) is 23.4 Å². The van der Waals surface area contributed by atoms with E-state index >= 15 is 0 Å². The number of aromatic amines is 1. The van der Waals surface area contributed by atoms with Crippen molar-refractivity contribution in [2.75, 3.05) is 0 Å². The Kier molecular flexibility index (Phi) is 4.16. The number of nitrogens with zero attached hydrogens (tertiary/aromatic N) is 5. The molecule has 1 aromatic carbocycles. The monoisotopic (exact) mass is 390 g/mol. The maximum absolute atomic E-state index is 13.9. The van der Waals surface area contributed by atoms with Gasteiger partial charge >= 0.3 is 0 Å². The maximum atomic E-state index is 13.9. The molecule has 0 saturated heterocycles. The summed E-state index contributed by atoms with van der Waals surface area (Å²) in [6, 6.07) is 8.20. The van der Waals surface area contributed by atoms with Crippen LogP contribution in [0.1, 0.15) is 43.5 Å². The molecule has 29 heavy (non-hydrogen) atoms. The molecule has 3 aromatic heterocycles. The third kappa shape index (κ3) is 2.90. The number of halogens is 1. The van der Waals surface area contributed by atoms with Crippen LogP contribution in [0.4, 0.5) is 4.39 Å². The summed E-state index contributed by atoms with van der Waals surface area (Å²) in [6.45, 7) is 2.16. The molecule has 4 aromatic rings. The summed E-state index contributed by atoms with van der Waals surface area (Å²) in [7, 11) is 0. The van der Waals surface area contributed by atoms with Crippen molar-refractivity contribution in [2.24, 2.45) is 5.92 Å². The molecule has 0 amide bonds. The maximum Gasteiger partial charge on any atom is 0.179 e. The normalized spacial score (nSPS) is 21.6. The van der Waals surface area contributed by atoms with Crippen molar-refractivity contribution in [2.45, 2.75) is 38.2 Å². The molecule has 5 rings (SSSR count). The van der Waals surface area contributed by atoms with Crippen LogP contribution >= 0.6 is 0 Å². The molecule has 3 heterocycles. The molecule has 0 spiro atoms. The first-order valence-corrected chi connectivity index (χ1v) is 9.71. The first kappa shape index (κ1) is 17.6. The second kappa shape index (κ2) is 6.85. The van der Waals surface area contributed by atoms with E-state index in [-0.39, 0.29) is 17.6 Å². The lowest BCUT2D eigenvalue weighted by molar-refractivity contribution is 0.202. The molecule has 1 aliphatic rings. The zero-order valence-electron chi connectivity index (χ0n) is 15.8. The van der Waals surface area contributed by atoms with E-state index in [9.17, 15) is 4.39 Å². The number of aromatic nitrogens is 5. The molecule has 1 fully saturated rings. The van der Waals surface area contributed by atoms with Crippen LogP contribution in [-0.2, 0) is 0 Å². The largest absolute Gasteiger partial charge is 0.490 e. The van der Waals surface area contributed by atoms with Crippen molar-refractivity contribution in [3.8, 4) is 11.8 Å². The first-order chi connectivity index (χ1) is 14.2. The fraction of sp³-hybridized carbons (Fsp3) is 0.333. The second-order valence-corrected chi connectivity index (χ2v) is 7.46. The predicted molar refractivity (Wildman–Crippen MR) is 104 cm³/mol. The molecule has 1 N–H and O–H groups in total. The van der Waals surface area contributed by atoms with E-state index in [0.29, 0.717) is 11.7 Å². The Bertz CT molecular complexity index is 1240. The highest BCUT2D eigenvalue weighted by Gasteiger charge is 2.38.